The van der Waals surface area contributed by atoms with Crippen LogP contribution in [0.1, 0.15) is 18.4 Å². The van der Waals surface area contributed by atoms with E-state index in [-0.39, 0.29) is 17.3 Å². The lowest BCUT2D eigenvalue weighted by Gasteiger charge is -2.17. The molecule has 1 aromatic rings. The summed E-state index contributed by atoms with van der Waals surface area (Å²) in [4.78, 5) is 13.5. The van der Waals surface area contributed by atoms with Crippen molar-refractivity contribution < 1.29 is 9.18 Å². The van der Waals surface area contributed by atoms with E-state index in [1.807, 2.05) is 0 Å². The lowest BCUT2D eigenvalue weighted by molar-refractivity contribution is 0.222. The molecule has 0 saturated carbocycles. The van der Waals surface area contributed by atoms with Crippen molar-refractivity contribution in [2.24, 2.45) is 5.73 Å². The van der Waals surface area contributed by atoms with Gasteiger partial charge in [-0.1, -0.05) is 6.07 Å². The predicted molar refractivity (Wildman–Crippen MR) is 67.2 cm³/mol. The number of carbonyl (C=O) groups excluding carboxylic acids is 1. The highest BCUT2D eigenvalue weighted by atomic mass is 19.1. The van der Waals surface area contributed by atoms with Crippen molar-refractivity contribution in [1.29, 1.82) is 5.41 Å². The smallest absolute Gasteiger partial charge is 0.321 e. The minimum Gasteiger partial charge on any atom is -0.384 e. The quantitative estimate of drug-likeness (QED) is 0.552. The Balaban J connectivity index is 2.20. The summed E-state index contributed by atoms with van der Waals surface area (Å²) >= 11 is 0. The number of amidine groups is 1. The van der Waals surface area contributed by atoms with Crippen LogP contribution in [0.4, 0.5) is 14.9 Å². The van der Waals surface area contributed by atoms with Gasteiger partial charge in [0.2, 0.25) is 0 Å². The Hall–Kier alpha value is -2.11. The van der Waals surface area contributed by atoms with Gasteiger partial charge in [-0.2, -0.15) is 0 Å². The lowest BCUT2D eigenvalue weighted by Crippen LogP contribution is -2.33. The number of amides is 2. The number of nitrogens with two attached hydrogens (primary N) is 1. The SMILES string of the molecule is N=C(N)c1c(F)cccc1NC(=O)N1CCCC1. The molecule has 1 aliphatic rings. The van der Waals surface area contributed by atoms with Gasteiger partial charge in [0.15, 0.2) is 0 Å². The van der Waals surface area contributed by atoms with Gasteiger partial charge < -0.3 is 16.0 Å². The molecule has 6 heteroatoms. The third-order valence-electron chi connectivity index (χ3n) is 2.92. The van der Waals surface area contributed by atoms with Crippen molar-refractivity contribution in [2.75, 3.05) is 18.4 Å². The van der Waals surface area contributed by atoms with Gasteiger partial charge in [-0.05, 0) is 25.0 Å². The van der Waals surface area contributed by atoms with E-state index in [1.165, 1.54) is 18.2 Å². The van der Waals surface area contributed by atoms with Crippen molar-refractivity contribution in [2.45, 2.75) is 12.8 Å². The van der Waals surface area contributed by atoms with Crippen LogP contribution in [0.5, 0.6) is 0 Å². The highest BCUT2D eigenvalue weighted by molar-refractivity contribution is 6.04. The summed E-state index contributed by atoms with van der Waals surface area (Å²) < 4.78 is 13.5. The second kappa shape index (κ2) is 5.03. The predicted octanol–water partition coefficient (Wildman–Crippen LogP) is 1.74. The Morgan fingerprint density at radius 1 is 1.39 bits per heavy atom. The number of benzene rings is 1. The molecule has 1 saturated heterocycles. The summed E-state index contributed by atoms with van der Waals surface area (Å²) in [6.07, 6.45) is 1.96. The molecular weight excluding hydrogens is 235 g/mol. The summed E-state index contributed by atoms with van der Waals surface area (Å²) in [5.74, 6) is -1.01. The van der Waals surface area contributed by atoms with E-state index in [4.69, 9.17) is 11.1 Å². The molecule has 0 bridgehead atoms. The molecule has 1 aromatic carbocycles. The van der Waals surface area contributed by atoms with Crippen LogP contribution < -0.4 is 11.1 Å². The molecule has 0 aliphatic carbocycles. The summed E-state index contributed by atoms with van der Waals surface area (Å²) in [5.41, 5.74) is 5.49. The van der Waals surface area contributed by atoms with Crippen molar-refractivity contribution >= 4 is 17.6 Å². The monoisotopic (exact) mass is 250 g/mol. The van der Waals surface area contributed by atoms with E-state index in [9.17, 15) is 9.18 Å². The third-order valence-corrected chi connectivity index (χ3v) is 2.92. The third kappa shape index (κ3) is 2.42. The van der Waals surface area contributed by atoms with Gasteiger partial charge in [0.1, 0.15) is 11.7 Å². The van der Waals surface area contributed by atoms with E-state index in [0.29, 0.717) is 13.1 Å². The van der Waals surface area contributed by atoms with Crippen LogP contribution in [-0.4, -0.2) is 29.9 Å². The number of rotatable bonds is 2. The van der Waals surface area contributed by atoms with Crippen LogP contribution in [0.25, 0.3) is 0 Å². The maximum Gasteiger partial charge on any atom is 0.321 e. The van der Waals surface area contributed by atoms with Gasteiger partial charge in [0.05, 0.1) is 11.3 Å². The molecule has 96 valence electrons. The molecule has 18 heavy (non-hydrogen) atoms. The van der Waals surface area contributed by atoms with Crippen LogP contribution in [-0.2, 0) is 0 Å². The van der Waals surface area contributed by atoms with Crippen molar-refractivity contribution in [3.8, 4) is 0 Å². The average molecular weight is 250 g/mol. The number of anilines is 1. The van der Waals surface area contributed by atoms with Gasteiger partial charge in [0, 0.05) is 13.1 Å². The fourth-order valence-corrected chi connectivity index (χ4v) is 2.02. The van der Waals surface area contributed by atoms with Crippen LogP contribution >= 0.6 is 0 Å². The molecule has 0 unspecified atom stereocenters. The second-order valence-corrected chi connectivity index (χ2v) is 4.20. The number of halogens is 1. The Kier molecular flexibility index (Phi) is 3.45. The number of nitrogens with one attached hydrogen (secondary N) is 2. The standard InChI is InChI=1S/C12H15FN4O/c13-8-4-3-5-9(10(8)11(14)15)16-12(18)17-6-1-2-7-17/h3-5H,1-2,6-7H2,(H3,14,15)(H,16,18). The van der Waals surface area contributed by atoms with Crippen LogP contribution in [0.3, 0.4) is 0 Å². The number of hydrogen-bond acceptors (Lipinski definition) is 2. The number of urea groups is 1. The van der Waals surface area contributed by atoms with Gasteiger partial charge in [-0.25, -0.2) is 9.18 Å². The Morgan fingerprint density at radius 3 is 2.67 bits per heavy atom. The molecule has 5 nitrogen and oxygen atoms in total. The lowest BCUT2D eigenvalue weighted by atomic mass is 10.1. The van der Waals surface area contributed by atoms with Crippen molar-refractivity contribution in [3.63, 3.8) is 0 Å². The number of nitrogen functional groups attached to an aromatic ring is 1. The Labute approximate surface area is 104 Å². The first-order valence-corrected chi connectivity index (χ1v) is 5.78. The van der Waals surface area contributed by atoms with Crippen LogP contribution in [0.15, 0.2) is 18.2 Å². The molecular formula is C12H15FN4O. The molecule has 1 heterocycles. The number of carbonyl (C=O) groups is 1. The first kappa shape index (κ1) is 12.3. The average Bonchev–Trinajstić information content (AvgIpc) is 2.81. The normalized spacial score (nSPS) is 14.6. The maximum atomic E-state index is 13.5. The summed E-state index contributed by atoms with van der Waals surface area (Å²) in [6.45, 7) is 1.41. The summed E-state index contributed by atoms with van der Waals surface area (Å²) in [7, 11) is 0. The molecule has 0 radical (unpaired) electrons. The van der Waals surface area contributed by atoms with E-state index in [0.717, 1.165) is 12.8 Å². The maximum absolute atomic E-state index is 13.5. The van der Waals surface area contributed by atoms with Gasteiger partial charge >= 0.3 is 6.03 Å². The Bertz CT molecular complexity index is 483. The molecule has 0 aromatic heterocycles. The zero-order valence-electron chi connectivity index (χ0n) is 9.87. The zero-order chi connectivity index (χ0) is 13.1. The van der Waals surface area contributed by atoms with E-state index in [2.05, 4.69) is 5.32 Å². The number of likely N-dealkylation sites (tertiary alicyclic amines) is 1. The van der Waals surface area contributed by atoms with Gasteiger partial charge in [0.25, 0.3) is 0 Å². The van der Waals surface area contributed by atoms with Crippen molar-refractivity contribution in [1.82, 2.24) is 4.90 Å². The fourth-order valence-electron chi connectivity index (χ4n) is 2.02. The number of hydrogen-bond donors (Lipinski definition) is 3. The van der Waals surface area contributed by atoms with Crippen molar-refractivity contribution in [3.05, 3.63) is 29.6 Å². The second-order valence-electron chi connectivity index (χ2n) is 4.20. The molecule has 1 fully saturated rings. The van der Waals surface area contributed by atoms with Gasteiger partial charge in [-0.15, -0.1) is 0 Å². The highest BCUT2D eigenvalue weighted by Gasteiger charge is 2.20. The molecule has 0 atom stereocenters. The molecule has 1 aliphatic heterocycles. The van der Waals surface area contributed by atoms with Crippen LogP contribution in [0.2, 0.25) is 0 Å². The first-order valence-electron chi connectivity index (χ1n) is 5.78. The molecule has 2 amide bonds. The van der Waals surface area contributed by atoms with E-state index < -0.39 is 11.7 Å². The fraction of sp³-hybridized carbons (Fsp3) is 0.333. The largest absolute Gasteiger partial charge is 0.384 e. The number of nitrogens with zero attached hydrogens (tertiary/aromatic N) is 1. The summed E-state index contributed by atoms with van der Waals surface area (Å²) in [6, 6.07) is 3.94. The minimum absolute atomic E-state index is 0.0648. The van der Waals surface area contributed by atoms with E-state index in [1.54, 1.807) is 4.90 Å². The van der Waals surface area contributed by atoms with Gasteiger partial charge in [-0.3, -0.25) is 5.41 Å². The molecule has 4 N–H and O–H groups in total. The minimum atomic E-state index is -0.610. The Morgan fingerprint density at radius 2 is 2.06 bits per heavy atom. The first-order chi connectivity index (χ1) is 8.59. The molecule has 0 spiro atoms. The highest BCUT2D eigenvalue weighted by Crippen LogP contribution is 2.19. The topological polar surface area (TPSA) is 82.2 Å². The zero-order valence-corrected chi connectivity index (χ0v) is 9.87. The summed E-state index contributed by atoms with van der Waals surface area (Å²) in [5, 5.41) is 9.94. The molecule has 2 rings (SSSR count). The van der Waals surface area contributed by atoms with Crippen LogP contribution in [0, 0.1) is 11.2 Å². The van der Waals surface area contributed by atoms with E-state index >= 15 is 0 Å².